The lowest BCUT2D eigenvalue weighted by Crippen LogP contribution is -2.48. The van der Waals surface area contributed by atoms with Gasteiger partial charge in [-0.25, -0.2) is 9.37 Å². The van der Waals surface area contributed by atoms with E-state index < -0.39 is 0 Å². The molecule has 1 saturated heterocycles. The molecule has 5 rings (SSSR count). The van der Waals surface area contributed by atoms with Gasteiger partial charge in [0, 0.05) is 82.9 Å². The number of ketones is 1. The number of carbonyl (C=O) groups is 2. The van der Waals surface area contributed by atoms with Gasteiger partial charge in [-0.15, -0.1) is 6.58 Å². The van der Waals surface area contributed by atoms with Crippen molar-refractivity contribution in [2.45, 2.75) is 160 Å². The number of nitrogens with one attached hydrogen (secondary N) is 2. The van der Waals surface area contributed by atoms with Crippen LogP contribution in [-0.4, -0.2) is 80.6 Å². The third kappa shape index (κ3) is 24.7. The monoisotopic (exact) mass is 980 g/mol. The lowest BCUT2D eigenvalue weighted by atomic mass is 9.90. The molecule has 9 nitrogen and oxygen atoms in total. The number of nitrogens with zero attached hydrogens (tertiary/aromatic N) is 4. The van der Waals surface area contributed by atoms with Crippen LogP contribution >= 0.6 is 0 Å². The number of hydrogen-bond donors (Lipinski definition) is 3. The summed E-state index contributed by atoms with van der Waals surface area (Å²) in [5.41, 5.74) is 15.5. The van der Waals surface area contributed by atoms with Crippen molar-refractivity contribution in [3.63, 3.8) is 0 Å². The Hall–Kier alpha value is -5.09. The second-order valence-corrected chi connectivity index (χ2v) is 19.4. The summed E-state index contributed by atoms with van der Waals surface area (Å²) in [6.45, 7) is 35.1. The van der Waals surface area contributed by atoms with E-state index in [2.05, 4.69) is 124 Å². The van der Waals surface area contributed by atoms with E-state index in [9.17, 15) is 14.0 Å². The first kappa shape index (κ1) is 63.9. The number of amides is 1. The lowest BCUT2D eigenvalue weighted by molar-refractivity contribution is -0.120. The number of anilines is 3. The van der Waals surface area contributed by atoms with Gasteiger partial charge in [0.05, 0.1) is 5.69 Å². The highest BCUT2D eigenvalue weighted by atomic mass is 19.1. The summed E-state index contributed by atoms with van der Waals surface area (Å²) in [5, 5.41) is 5.58. The molecule has 71 heavy (non-hydrogen) atoms. The number of benzene rings is 2. The van der Waals surface area contributed by atoms with Gasteiger partial charge in [-0.2, -0.15) is 0 Å². The van der Waals surface area contributed by atoms with Gasteiger partial charge in [-0.05, 0) is 136 Å². The van der Waals surface area contributed by atoms with Crippen LogP contribution in [0, 0.1) is 23.6 Å². The fourth-order valence-electron chi connectivity index (χ4n) is 8.60. The van der Waals surface area contributed by atoms with E-state index in [1.54, 1.807) is 20.0 Å². The Bertz CT molecular complexity index is 2040. The third-order valence-electron chi connectivity index (χ3n) is 13.0. The normalized spacial score (nSPS) is 14.1. The first-order valence-electron chi connectivity index (χ1n) is 27.0. The van der Waals surface area contributed by atoms with Crippen LogP contribution in [0.15, 0.2) is 95.7 Å². The van der Waals surface area contributed by atoms with Gasteiger partial charge >= 0.3 is 0 Å². The molecule has 1 amide bonds. The zero-order valence-corrected chi connectivity index (χ0v) is 47.0. The number of carbonyl (C=O) groups excluding carboxylic acids is 2. The topological polar surface area (TPSA) is 116 Å². The molecule has 2 aliphatic rings. The lowest BCUT2D eigenvalue weighted by Gasteiger charge is -2.37. The molecule has 0 bridgehead atoms. The van der Waals surface area contributed by atoms with Crippen molar-refractivity contribution in [1.82, 2.24) is 15.2 Å². The van der Waals surface area contributed by atoms with Crippen LogP contribution < -0.4 is 21.3 Å². The molecule has 2 aromatic carbocycles. The van der Waals surface area contributed by atoms with Gasteiger partial charge in [-0.3, -0.25) is 19.5 Å². The molecule has 4 N–H and O–H groups in total. The second kappa shape index (κ2) is 36.8. The van der Waals surface area contributed by atoms with Gasteiger partial charge in [0.25, 0.3) is 0 Å². The molecule has 0 aliphatic carbocycles. The van der Waals surface area contributed by atoms with Crippen molar-refractivity contribution in [1.29, 1.82) is 0 Å². The summed E-state index contributed by atoms with van der Waals surface area (Å²) in [5.74, 6) is 3.34. The Kier molecular flexibility index (Phi) is 33.1. The Morgan fingerprint density at radius 1 is 0.873 bits per heavy atom. The van der Waals surface area contributed by atoms with Crippen LogP contribution in [0.25, 0.3) is 5.57 Å². The molecule has 0 saturated carbocycles. The van der Waals surface area contributed by atoms with Crippen LogP contribution in [0.4, 0.5) is 21.6 Å². The summed E-state index contributed by atoms with van der Waals surface area (Å²) in [6, 6.07) is 17.3. The predicted octanol–water partition coefficient (Wildman–Crippen LogP) is 15.0. The zero-order chi connectivity index (χ0) is 53.3. The number of aliphatic imine (C=N–C) groups is 1. The largest absolute Gasteiger partial charge is 0.388 e. The highest BCUT2D eigenvalue weighted by molar-refractivity contribution is 6.08. The maximum absolute atomic E-state index is 14.2. The molecule has 3 aromatic rings. The Labute approximate surface area is 432 Å². The van der Waals surface area contributed by atoms with E-state index in [0.29, 0.717) is 30.0 Å². The fraction of sp³-hybridized carbons (Fsp3) is 0.574. The van der Waals surface area contributed by atoms with Crippen LogP contribution in [0.5, 0.6) is 0 Å². The molecule has 10 heteroatoms. The SMILES string of the molecule is C=CCC(CCC)c1ccc(C(C)=O)cc1.CC.CC1=NCCC(c2ccc(N)nc2)=C1/C=C(\C)C(C)C.CCCC(CCC)CN1CCN(c2ccc(NC)cc2F)CC1.CNC(=O)CCCC(C)C. The number of nitrogens with two attached hydrogens (primary N) is 1. The average Bonchev–Trinajstić information content (AvgIpc) is 3.36. The van der Waals surface area contributed by atoms with Crippen LogP contribution in [0.2, 0.25) is 0 Å². The van der Waals surface area contributed by atoms with Crippen molar-refractivity contribution in [3.05, 3.63) is 113 Å². The van der Waals surface area contributed by atoms with Crippen LogP contribution in [0.1, 0.15) is 181 Å². The maximum Gasteiger partial charge on any atom is 0.219 e. The van der Waals surface area contributed by atoms with Gasteiger partial charge in [-0.1, -0.05) is 130 Å². The number of piperazine rings is 1. The number of allylic oxidation sites excluding steroid dienone is 4. The molecule has 1 atom stereocenters. The average molecular weight is 980 g/mol. The molecule has 396 valence electrons. The van der Waals surface area contributed by atoms with E-state index in [4.69, 9.17) is 5.73 Å². The first-order valence-corrected chi connectivity index (χ1v) is 27.0. The minimum atomic E-state index is -0.125. The summed E-state index contributed by atoms with van der Waals surface area (Å²) in [7, 11) is 3.49. The number of aromatic nitrogens is 1. The summed E-state index contributed by atoms with van der Waals surface area (Å²) < 4.78 is 14.2. The van der Waals surface area contributed by atoms with Crippen LogP contribution in [-0.2, 0) is 4.79 Å². The van der Waals surface area contributed by atoms with Crippen molar-refractivity contribution in [2.24, 2.45) is 22.7 Å². The first-order chi connectivity index (χ1) is 34.0. The number of rotatable bonds is 21. The van der Waals surface area contributed by atoms with E-state index in [1.807, 2.05) is 63.5 Å². The van der Waals surface area contributed by atoms with Crippen LogP contribution in [0.3, 0.4) is 0 Å². The van der Waals surface area contributed by atoms with E-state index in [0.717, 1.165) is 92.5 Å². The van der Waals surface area contributed by atoms with Crippen molar-refractivity contribution in [2.75, 3.05) is 69.3 Å². The van der Waals surface area contributed by atoms with Crippen molar-refractivity contribution in [3.8, 4) is 0 Å². The minimum absolute atomic E-state index is 0.125. The standard InChI is InChI=1S/C19H32FN3.C17H23N3.C15H20O.C8H17NO.C2H6/c1-4-6-16(7-5-2)15-22-10-12-23(13-11-22)19-9-8-17(21-3)14-18(19)20;1-11(2)12(3)9-16-13(4)19-8-7-15(16)14-5-6-17(18)20-10-14;1-4-6-14(7-5-2)15-10-8-13(9-11-15)12(3)16;1-7(2)5-4-6-8(10)9-3;1-2/h8-9,14,16,21H,4-7,10-13,15H2,1-3H3;5-6,9-11H,7-8H2,1-4H3,(H2,18,20);4,8-11,14H,1,5-7H2,2-3H3;7H,4-6H2,1-3H3,(H,9,10);1-2H3/b;12-9+;;;. The summed E-state index contributed by atoms with van der Waals surface area (Å²) >= 11 is 0. The van der Waals surface area contributed by atoms with Gasteiger partial charge < -0.3 is 21.3 Å². The van der Waals surface area contributed by atoms with E-state index in [-0.39, 0.29) is 17.5 Å². The Morgan fingerprint density at radius 3 is 2.00 bits per heavy atom. The Balaban J connectivity index is 0.000000484. The van der Waals surface area contributed by atoms with E-state index in [1.165, 1.54) is 67.4 Å². The summed E-state index contributed by atoms with van der Waals surface area (Å²) in [4.78, 5) is 35.4. The van der Waals surface area contributed by atoms with Gasteiger partial charge in [0.2, 0.25) is 5.91 Å². The number of halogens is 1. The molecule has 1 aromatic heterocycles. The predicted molar refractivity (Wildman–Crippen MR) is 308 cm³/mol. The van der Waals surface area contributed by atoms with Crippen molar-refractivity contribution >= 4 is 40.2 Å². The third-order valence-corrected chi connectivity index (χ3v) is 13.0. The molecular weight excluding hydrogens is 882 g/mol. The molecule has 1 unspecified atom stereocenters. The molecular formula is C61H98FN7O2. The number of hydrogen-bond acceptors (Lipinski definition) is 8. The van der Waals surface area contributed by atoms with Crippen molar-refractivity contribution < 1.29 is 14.0 Å². The number of Topliss-reactive ketones (excluding diaryl/α,β-unsaturated/α-hetero) is 1. The quantitative estimate of drug-likeness (QED) is 0.0719. The Morgan fingerprint density at radius 2 is 1.51 bits per heavy atom. The van der Waals surface area contributed by atoms with Gasteiger partial charge in [0.15, 0.2) is 5.78 Å². The molecule has 1 fully saturated rings. The smallest absolute Gasteiger partial charge is 0.219 e. The molecule has 0 spiro atoms. The highest BCUT2D eigenvalue weighted by Crippen LogP contribution is 2.30. The molecule has 3 heterocycles. The van der Waals surface area contributed by atoms with Gasteiger partial charge in [0.1, 0.15) is 11.6 Å². The zero-order valence-electron chi connectivity index (χ0n) is 47.0. The second-order valence-electron chi connectivity index (χ2n) is 19.4. The minimum Gasteiger partial charge on any atom is -0.388 e. The molecule has 2 aliphatic heterocycles. The summed E-state index contributed by atoms with van der Waals surface area (Å²) in [6.07, 6.45) is 18.4. The fourth-order valence-corrected chi connectivity index (χ4v) is 8.60. The number of dihydropyridines is 1. The van der Waals surface area contributed by atoms with E-state index >= 15 is 0 Å². The molecule has 0 radical (unpaired) electrons. The maximum atomic E-state index is 14.2. The highest BCUT2D eigenvalue weighted by Gasteiger charge is 2.22. The number of pyridine rings is 1. The number of nitrogen functional groups attached to an aromatic ring is 1.